The van der Waals surface area contributed by atoms with E-state index in [0.717, 1.165) is 11.3 Å². The van der Waals surface area contributed by atoms with Gasteiger partial charge in [-0.3, -0.25) is 4.90 Å². The second-order valence-electron chi connectivity index (χ2n) is 5.74. The van der Waals surface area contributed by atoms with Gasteiger partial charge in [0.05, 0.1) is 12.2 Å². The molecule has 1 saturated heterocycles. The summed E-state index contributed by atoms with van der Waals surface area (Å²) in [5, 5.41) is 0. The number of para-hydroxylation sites is 1. The molecule has 2 unspecified atom stereocenters. The largest absolute Gasteiger partial charge is 0.443 e. The average molecular weight is 247 g/mol. The van der Waals surface area contributed by atoms with Crippen molar-refractivity contribution in [2.45, 2.75) is 38.6 Å². The second kappa shape index (κ2) is 3.72. The molecular formula is C14H17NO3. The van der Waals surface area contributed by atoms with E-state index in [1.54, 1.807) is 4.90 Å². The third-order valence-electron chi connectivity index (χ3n) is 3.09. The fourth-order valence-electron chi connectivity index (χ4n) is 2.30. The summed E-state index contributed by atoms with van der Waals surface area (Å²) in [6, 6.07) is 7.85. The summed E-state index contributed by atoms with van der Waals surface area (Å²) in [6.07, 6.45) is -0.00351. The number of ether oxygens (including phenoxy) is 2. The standard InChI is InChI=1S/C14H17NO3/c1-14(2,3)18-13(16)15-8-11-12(17-11)9-6-4-5-7-10(9)15/h4-7,11-12H,8H2,1-3H3. The molecule has 1 amide bonds. The summed E-state index contributed by atoms with van der Waals surface area (Å²) in [4.78, 5) is 13.9. The van der Waals surface area contributed by atoms with Gasteiger partial charge in [0.2, 0.25) is 0 Å². The van der Waals surface area contributed by atoms with Crippen LogP contribution in [-0.4, -0.2) is 24.3 Å². The van der Waals surface area contributed by atoms with Gasteiger partial charge in [-0.05, 0) is 26.8 Å². The highest BCUT2D eigenvalue weighted by molar-refractivity contribution is 5.90. The van der Waals surface area contributed by atoms with E-state index < -0.39 is 5.60 Å². The monoisotopic (exact) mass is 247 g/mol. The average Bonchev–Trinajstić information content (AvgIpc) is 3.04. The zero-order chi connectivity index (χ0) is 12.9. The molecule has 2 aliphatic rings. The molecule has 2 aliphatic heterocycles. The van der Waals surface area contributed by atoms with Crippen molar-refractivity contribution in [3.05, 3.63) is 29.8 Å². The normalized spacial score (nSPS) is 25.2. The molecule has 0 radical (unpaired) electrons. The van der Waals surface area contributed by atoms with Crippen molar-refractivity contribution in [3.8, 4) is 0 Å². The van der Waals surface area contributed by atoms with E-state index in [2.05, 4.69) is 0 Å². The Labute approximate surface area is 106 Å². The molecule has 2 heterocycles. The number of carbonyl (C=O) groups is 1. The summed E-state index contributed by atoms with van der Waals surface area (Å²) in [6.45, 7) is 6.20. The molecule has 2 atom stereocenters. The SMILES string of the molecule is CC(C)(C)OC(=O)N1CC2OC2c2ccccc21. The topological polar surface area (TPSA) is 42.1 Å². The van der Waals surface area contributed by atoms with Gasteiger partial charge in [-0.25, -0.2) is 4.79 Å². The van der Waals surface area contributed by atoms with Crippen LogP contribution in [0.4, 0.5) is 10.5 Å². The van der Waals surface area contributed by atoms with Gasteiger partial charge in [0, 0.05) is 5.56 Å². The molecule has 0 aliphatic carbocycles. The molecule has 96 valence electrons. The molecule has 1 fully saturated rings. The Balaban J connectivity index is 1.89. The number of rotatable bonds is 0. The predicted octanol–water partition coefficient (Wildman–Crippen LogP) is 2.88. The molecule has 4 heteroatoms. The van der Waals surface area contributed by atoms with Crippen molar-refractivity contribution >= 4 is 11.8 Å². The molecule has 4 nitrogen and oxygen atoms in total. The first-order valence-electron chi connectivity index (χ1n) is 6.20. The third kappa shape index (κ3) is 1.97. The summed E-state index contributed by atoms with van der Waals surface area (Å²) in [5.74, 6) is 0. The lowest BCUT2D eigenvalue weighted by Crippen LogP contribution is -2.41. The van der Waals surface area contributed by atoms with E-state index in [1.807, 2.05) is 45.0 Å². The number of hydrogen-bond donors (Lipinski definition) is 0. The minimum atomic E-state index is -0.479. The molecule has 0 spiro atoms. The van der Waals surface area contributed by atoms with E-state index in [-0.39, 0.29) is 18.3 Å². The maximum absolute atomic E-state index is 12.2. The van der Waals surface area contributed by atoms with Gasteiger partial charge in [-0.1, -0.05) is 18.2 Å². The number of benzene rings is 1. The maximum atomic E-state index is 12.2. The van der Waals surface area contributed by atoms with Gasteiger partial charge in [0.15, 0.2) is 0 Å². The summed E-state index contributed by atoms with van der Waals surface area (Å²) >= 11 is 0. The van der Waals surface area contributed by atoms with E-state index in [4.69, 9.17) is 9.47 Å². The lowest BCUT2D eigenvalue weighted by Gasteiger charge is -2.30. The van der Waals surface area contributed by atoms with Crippen LogP contribution < -0.4 is 4.90 Å². The Bertz CT molecular complexity index is 492. The Morgan fingerprint density at radius 3 is 2.83 bits per heavy atom. The predicted molar refractivity (Wildman–Crippen MR) is 67.6 cm³/mol. The number of nitrogens with zero attached hydrogens (tertiary/aromatic N) is 1. The van der Waals surface area contributed by atoms with Gasteiger partial charge in [0.1, 0.15) is 17.8 Å². The number of anilines is 1. The third-order valence-corrected chi connectivity index (χ3v) is 3.09. The summed E-state index contributed by atoms with van der Waals surface area (Å²) in [7, 11) is 0. The van der Waals surface area contributed by atoms with Crippen LogP contribution in [0.25, 0.3) is 0 Å². The first kappa shape index (κ1) is 11.5. The fourth-order valence-corrected chi connectivity index (χ4v) is 2.30. The number of hydrogen-bond acceptors (Lipinski definition) is 3. The van der Waals surface area contributed by atoms with Crippen molar-refractivity contribution in [1.82, 2.24) is 0 Å². The number of carbonyl (C=O) groups excluding carboxylic acids is 1. The molecule has 18 heavy (non-hydrogen) atoms. The Morgan fingerprint density at radius 1 is 1.39 bits per heavy atom. The zero-order valence-electron chi connectivity index (χ0n) is 10.8. The van der Waals surface area contributed by atoms with Crippen molar-refractivity contribution in [3.63, 3.8) is 0 Å². The van der Waals surface area contributed by atoms with Crippen molar-refractivity contribution in [2.24, 2.45) is 0 Å². The number of fused-ring (bicyclic) bond motifs is 3. The fraction of sp³-hybridized carbons (Fsp3) is 0.500. The quantitative estimate of drug-likeness (QED) is 0.662. The second-order valence-corrected chi connectivity index (χ2v) is 5.74. The molecule has 0 N–H and O–H groups in total. The number of amides is 1. The Hall–Kier alpha value is -1.55. The molecule has 3 rings (SSSR count). The highest BCUT2D eigenvalue weighted by atomic mass is 16.6. The molecule has 0 saturated carbocycles. The summed E-state index contributed by atoms with van der Waals surface area (Å²) in [5.41, 5.74) is 1.51. The number of epoxide rings is 1. The van der Waals surface area contributed by atoms with Gasteiger partial charge in [-0.15, -0.1) is 0 Å². The molecule has 1 aromatic rings. The zero-order valence-corrected chi connectivity index (χ0v) is 10.8. The van der Waals surface area contributed by atoms with Crippen LogP contribution in [0.3, 0.4) is 0 Å². The van der Waals surface area contributed by atoms with E-state index >= 15 is 0 Å². The van der Waals surface area contributed by atoms with Crippen LogP contribution in [0.15, 0.2) is 24.3 Å². The van der Waals surface area contributed by atoms with Crippen LogP contribution in [0.1, 0.15) is 32.4 Å². The molecule has 0 aromatic heterocycles. The Kier molecular flexibility index (Phi) is 2.38. The van der Waals surface area contributed by atoms with Crippen molar-refractivity contribution < 1.29 is 14.3 Å². The van der Waals surface area contributed by atoms with Gasteiger partial charge >= 0.3 is 6.09 Å². The Morgan fingerprint density at radius 2 is 2.11 bits per heavy atom. The van der Waals surface area contributed by atoms with Crippen molar-refractivity contribution in [2.75, 3.05) is 11.4 Å². The van der Waals surface area contributed by atoms with E-state index in [9.17, 15) is 4.79 Å². The lowest BCUT2D eigenvalue weighted by atomic mass is 10.0. The lowest BCUT2D eigenvalue weighted by molar-refractivity contribution is 0.0577. The van der Waals surface area contributed by atoms with E-state index in [1.165, 1.54) is 0 Å². The highest BCUT2D eigenvalue weighted by Crippen LogP contribution is 2.47. The minimum absolute atomic E-state index is 0.132. The molecule has 0 bridgehead atoms. The maximum Gasteiger partial charge on any atom is 0.414 e. The summed E-state index contributed by atoms with van der Waals surface area (Å²) < 4.78 is 11.0. The molecule has 1 aromatic carbocycles. The molecular weight excluding hydrogens is 230 g/mol. The first-order valence-corrected chi connectivity index (χ1v) is 6.20. The van der Waals surface area contributed by atoms with Crippen molar-refractivity contribution in [1.29, 1.82) is 0 Å². The van der Waals surface area contributed by atoms with Crippen LogP contribution in [-0.2, 0) is 9.47 Å². The van der Waals surface area contributed by atoms with Gasteiger partial charge in [0.25, 0.3) is 0 Å². The highest BCUT2D eigenvalue weighted by Gasteiger charge is 2.48. The van der Waals surface area contributed by atoms with Crippen LogP contribution in [0.2, 0.25) is 0 Å². The van der Waals surface area contributed by atoms with Gasteiger partial charge in [-0.2, -0.15) is 0 Å². The van der Waals surface area contributed by atoms with E-state index in [0.29, 0.717) is 6.54 Å². The van der Waals surface area contributed by atoms with Gasteiger partial charge < -0.3 is 9.47 Å². The first-order chi connectivity index (χ1) is 8.46. The van der Waals surface area contributed by atoms with Crippen LogP contribution >= 0.6 is 0 Å². The smallest absolute Gasteiger partial charge is 0.414 e. The minimum Gasteiger partial charge on any atom is -0.443 e. The van der Waals surface area contributed by atoms with Crippen LogP contribution in [0, 0.1) is 0 Å². The van der Waals surface area contributed by atoms with Crippen LogP contribution in [0.5, 0.6) is 0 Å².